The first-order valence-corrected chi connectivity index (χ1v) is 7.05. The van der Waals surface area contributed by atoms with Gasteiger partial charge < -0.3 is 14.8 Å². The van der Waals surface area contributed by atoms with Crippen molar-refractivity contribution in [3.8, 4) is 11.1 Å². The van der Waals surface area contributed by atoms with Crippen LogP contribution in [0.4, 0.5) is 10.1 Å². The highest BCUT2D eigenvalue weighted by Crippen LogP contribution is 2.26. The standard InChI is InChI=1S/C16H15FN4O2/c1-9-15(10(2)23-21-9)11-5-14(16(22)20-6-11)19-8-13-4-3-12(17)7-18-13/h3-7,19H,8H2,1-2H3,(H,20,22). The van der Waals surface area contributed by atoms with Crippen molar-refractivity contribution in [3.05, 3.63) is 63.9 Å². The second-order valence-corrected chi connectivity index (χ2v) is 5.15. The summed E-state index contributed by atoms with van der Waals surface area (Å²) in [6.45, 7) is 3.97. The van der Waals surface area contributed by atoms with Crippen LogP contribution < -0.4 is 10.9 Å². The summed E-state index contributed by atoms with van der Waals surface area (Å²) in [5, 5.41) is 6.92. The van der Waals surface area contributed by atoms with Gasteiger partial charge in [-0.15, -0.1) is 0 Å². The summed E-state index contributed by atoms with van der Waals surface area (Å²) < 4.78 is 18.0. The summed E-state index contributed by atoms with van der Waals surface area (Å²) in [5.74, 6) is 0.285. The van der Waals surface area contributed by atoms with E-state index in [0.717, 1.165) is 23.0 Å². The molecule has 0 amide bonds. The van der Waals surface area contributed by atoms with Gasteiger partial charge >= 0.3 is 0 Å². The van der Waals surface area contributed by atoms with Gasteiger partial charge in [0.25, 0.3) is 5.56 Å². The largest absolute Gasteiger partial charge is 0.375 e. The minimum absolute atomic E-state index is 0.248. The fourth-order valence-corrected chi connectivity index (χ4v) is 2.35. The predicted octanol–water partition coefficient (Wildman–Crippen LogP) is 2.79. The van der Waals surface area contributed by atoms with Gasteiger partial charge in [0.1, 0.15) is 17.3 Å². The number of halogens is 1. The number of pyridine rings is 2. The zero-order valence-electron chi connectivity index (χ0n) is 12.7. The van der Waals surface area contributed by atoms with Gasteiger partial charge in [0.2, 0.25) is 0 Å². The Kier molecular flexibility index (Phi) is 3.92. The molecule has 0 aliphatic carbocycles. The number of aromatic nitrogens is 3. The van der Waals surface area contributed by atoms with Gasteiger partial charge in [0.05, 0.1) is 24.1 Å². The van der Waals surface area contributed by atoms with Crippen LogP contribution in [0.15, 0.2) is 39.9 Å². The lowest BCUT2D eigenvalue weighted by Crippen LogP contribution is -2.14. The lowest BCUT2D eigenvalue weighted by molar-refractivity contribution is 0.393. The molecule has 23 heavy (non-hydrogen) atoms. The van der Waals surface area contributed by atoms with Crippen molar-refractivity contribution in [2.75, 3.05) is 5.32 Å². The van der Waals surface area contributed by atoms with Gasteiger partial charge in [-0.05, 0) is 32.0 Å². The van der Waals surface area contributed by atoms with E-state index >= 15 is 0 Å². The molecule has 0 fully saturated rings. The molecule has 0 aliphatic heterocycles. The van der Waals surface area contributed by atoms with Gasteiger partial charge in [0, 0.05) is 17.3 Å². The van der Waals surface area contributed by atoms with Crippen LogP contribution in [0.25, 0.3) is 11.1 Å². The van der Waals surface area contributed by atoms with Gasteiger partial charge in [-0.2, -0.15) is 0 Å². The summed E-state index contributed by atoms with van der Waals surface area (Å²) in [6, 6.07) is 4.62. The van der Waals surface area contributed by atoms with E-state index in [2.05, 4.69) is 20.4 Å². The quantitative estimate of drug-likeness (QED) is 0.773. The van der Waals surface area contributed by atoms with Gasteiger partial charge in [-0.1, -0.05) is 5.16 Å². The van der Waals surface area contributed by atoms with Crippen molar-refractivity contribution >= 4 is 5.69 Å². The molecule has 0 aromatic carbocycles. The predicted molar refractivity (Wildman–Crippen MR) is 83.6 cm³/mol. The molecule has 0 aliphatic rings. The molecule has 0 bridgehead atoms. The Labute approximate surface area is 131 Å². The van der Waals surface area contributed by atoms with Gasteiger partial charge in [-0.3, -0.25) is 9.78 Å². The number of rotatable bonds is 4. The second kappa shape index (κ2) is 6.04. The number of anilines is 1. The van der Waals surface area contributed by atoms with Crippen LogP contribution in [-0.2, 0) is 6.54 Å². The van der Waals surface area contributed by atoms with Crippen molar-refractivity contribution in [3.63, 3.8) is 0 Å². The highest BCUT2D eigenvalue weighted by atomic mass is 19.1. The minimum atomic E-state index is -0.396. The molecule has 0 atom stereocenters. The van der Waals surface area contributed by atoms with Crippen LogP contribution in [0.2, 0.25) is 0 Å². The lowest BCUT2D eigenvalue weighted by atomic mass is 10.1. The van der Waals surface area contributed by atoms with Crippen LogP contribution >= 0.6 is 0 Å². The Morgan fingerprint density at radius 2 is 2.17 bits per heavy atom. The maximum Gasteiger partial charge on any atom is 0.271 e. The molecule has 3 aromatic rings. The third-order valence-corrected chi connectivity index (χ3v) is 3.47. The van der Waals surface area contributed by atoms with E-state index in [0.29, 0.717) is 23.7 Å². The van der Waals surface area contributed by atoms with E-state index in [9.17, 15) is 9.18 Å². The monoisotopic (exact) mass is 314 g/mol. The number of aryl methyl sites for hydroxylation is 2. The van der Waals surface area contributed by atoms with Crippen molar-refractivity contribution in [1.82, 2.24) is 15.1 Å². The molecule has 0 saturated heterocycles. The number of nitrogens with zero attached hydrogens (tertiary/aromatic N) is 2. The molecule has 0 radical (unpaired) electrons. The topological polar surface area (TPSA) is 83.8 Å². The summed E-state index contributed by atoms with van der Waals surface area (Å²) in [5.41, 5.74) is 3.19. The zero-order chi connectivity index (χ0) is 16.4. The number of hydrogen-bond acceptors (Lipinski definition) is 5. The van der Waals surface area contributed by atoms with Crippen molar-refractivity contribution in [2.45, 2.75) is 20.4 Å². The summed E-state index contributed by atoms with van der Waals surface area (Å²) in [4.78, 5) is 18.6. The van der Waals surface area contributed by atoms with Gasteiger partial charge in [0.15, 0.2) is 0 Å². The highest BCUT2D eigenvalue weighted by molar-refractivity contribution is 5.70. The molecule has 0 unspecified atom stereocenters. The Balaban J connectivity index is 1.86. The number of nitrogens with one attached hydrogen (secondary N) is 2. The third-order valence-electron chi connectivity index (χ3n) is 3.47. The number of aromatic amines is 1. The fraction of sp³-hybridized carbons (Fsp3) is 0.188. The molecule has 2 N–H and O–H groups in total. The second-order valence-electron chi connectivity index (χ2n) is 5.15. The first-order valence-electron chi connectivity index (χ1n) is 7.05. The first-order chi connectivity index (χ1) is 11.0. The maximum absolute atomic E-state index is 12.8. The van der Waals surface area contributed by atoms with E-state index < -0.39 is 5.82 Å². The minimum Gasteiger partial charge on any atom is -0.375 e. The summed E-state index contributed by atoms with van der Waals surface area (Å²) in [6.07, 6.45) is 2.76. The molecule has 0 saturated carbocycles. The Morgan fingerprint density at radius 1 is 1.35 bits per heavy atom. The fourth-order valence-electron chi connectivity index (χ4n) is 2.35. The smallest absolute Gasteiger partial charge is 0.271 e. The normalized spacial score (nSPS) is 10.7. The highest BCUT2D eigenvalue weighted by Gasteiger charge is 2.13. The maximum atomic E-state index is 12.8. The van der Waals surface area contributed by atoms with E-state index in [1.54, 1.807) is 18.3 Å². The van der Waals surface area contributed by atoms with Crippen molar-refractivity contribution in [1.29, 1.82) is 0 Å². The summed E-state index contributed by atoms with van der Waals surface area (Å²) >= 11 is 0. The Bertz CT molecular complexity index is 864. The van der Waals surface area contributed by atoms with E-state index in [-0.39, 0.29) is 5.56 Å². The molecule has 3 aromatic heterocycles. The molecular formula is C16H15FN4O2. The van der Waals surface area contributed by atoms with Crippen LogP contribution in [0.3, 0.4) is 0 Å². The molecule has 118 valence electrons. The van der Waals surface area contributed by atoms with Crippen LogP contribution in [0, 0.1) is 19.7 Å². The van der Waals surface area contributed by atoms with Crippen LogP contribution in [-0.4, -0.2) is 15.1 Å². The molecule has 3 rings (SSSR count). The molecule has 0 spiro atoms. The van der Waals surface area contributed by atoms with Crippen LogP contribution in [0.5, 0.6) is 0 Å². The zero-order valence-corrected chi connectivity index (χ0v) is 12.7. The molecular weight excluding hydrogens is 299 g/mol. The summed E-state index contributed by atoms with van der Waals surface area (Å²) in [7, 11) is 0. The number of hydrogen-bond donors (Lipinski definition) is 2. The third kappa shape index (κ3) is 3.13. The Morgan fingerprint density at radius 3 is 2.83 bits per heavy atom. The SMILES string of the molecule is Cc1noc(C)c1-c1c[nH]c(=O)c(NCc2ccc(F)cn2)c1. The number of H-pyrrole nitrogens is 1. The van der Waals surface area contributed by atoms with E-state index in [1.165, 1.54) is 6.07 Å². The average Bonchev–Trinajstić information content (AvgIpc) is 2.87. The molecule has 7 heteroatoms. The van der Waals surface area contributed by atoms with E-state index in [4.69, 9.17) is 4.52 Å². The van der Waals surface area contributed by atoms with Crippen molar-refractivity contribution < 1.29 is 8.91 Å². The van der Waals surface area contributed by atoms with Crippen LogP contribution in [0.1, 0.15) is 17.1 Å². The van der Waals surface area contributed by atoms with Gasteiger partial charge in [-0.25, -0.2) is 4.39 Å². The average molecular weight is 314 g/mol. The molecule has 3 heterocycles. The van der Waals surface area contributed by atoms with E-state index in [1.807, 2.05) is 13.8 Å². The van der Waals surface area contributed by atoms with Crippen molar-refractivity contribution in [2.24, 2.45) is 0 Å². The molecule has 6 nitrogen and oxygen atoms in total. The Hall–Kier alpha value is -2.96. The lowest BCUT2D eigenvalue weighted by Gasteiger charge is -2.07. The first kappa shape index (κ1) is 15.0.